The largest absolute Gasteiger partial charge is 0.392 e. The van der Waals surface area contributed by atoms with Gasteiger partial charge in [-0.05, 0) is 23.8 Å². The average Bonchev–Trinajstić information content (AvgIpc) is 2.59. The molecule has 0 spiro atoms. The van der Waals surface area contributed by atoms with Gasteiger partial charge in [-0.1, -0.05) is 42.5 Å². The van der Waals surface area contributed by atoms with Crippen molar-refractivity contribution in [3.63, 3.8) is 0 Å². The predicted molar refractivity (Wildman–Crippen MR) is 97.6 cm³/mol. The lowest BCUT2D eigenvalue weighted by Gasteiger charge is -2.20. The van der Waals surface area contributed by atoms with Crippen LogP contribution in [0.1, 0.15) is 5.56 Å². The number of aliphatic hydroxyl groups is 1. The molecule has 3 rings (SSSR count). The molecule has 3 aromatic rings. The van der Waals surface area contributed by atoms with Gasteiger partial charge in [0.05, 0.1) is 12.1 Å². The second-order valence-corrected chi connectivity index (χ2v) is 5.73. The Kier molecular flexibility index (Phi) is 4.58. The minimum absolute atomic E-state index is 0.0530. The third-order valence-electron chi connectivity index (χ3n) is 3.86. The van der Waals surface area contributed by atoms with Gasteiger partial charge in [0.2, 0.25) is 0 Å². The molecule has 0 aliphatic heterocycles. The number of aliphatic hydroxyl groups excluding tert-OH is 1. The molecule has 0 saturated heterocycles. The Morgan fingerprint density at radius 1 is 1.08 bits per heavy atom. The van der Waals surface area contributed by atoms with Crippen molar-refractivity contribution in [2.45, 2.75) is 0 Å². The van der Waals surface area contributed by atoms with Gasteiger partial charge in [0.1, 0.15) is 11.6 Å². The molecule has 122 valence electrons. The maximum atomic E-state index is 13.4. The molecular weight excluding hydrogens is 303 g/mol. The van der Waals surface area contributed by atoms with Crippen LogP contribution in [0.2, 0.25) is 0 Å². The van der Waals surface area contributed by atoms with E-state index in [2.05, 4.69) is 0 Å². The highest BCUT2D eigenvalue weighted by Gasteiger charge is 2.16. The molecular formula is C20H19FN2O. The maximum Gasteiger partial charge on any atom is 0.136 e. The summed E-state index contributed by atoms with van der Waals surface area (Å²) in [5.74, 6) is 0.537. The van der Waals surface area contributed by atoms with E-state index in [9.17, 15) is 9.50 Å². The topological polar surface area (TPSA) is 36.4 Å². The summed E-state index contributed by atoms with van der Waals surface area (Å²) < 4.78 is 13.4. The van der Waals surface area contributed by atoms with E-state index in [4.69, 9.17) is 4.98 Å². The van der Waals surface area contributed by atoms with Crippen LogP contribution in [0, 0.1) is 5.82 Å². The van der Waals surface area contributed by atoms with Gasteiger partial charge in [0, 0.05) is 30.6 Å². The van der Waals surface area contributed by atoms with Gasteiger partial charge < -0.3 is 10.0 Å². The van der Waals surface area contributed by atoms with Crippen LogP contribution in [0.3, 0.4) is 0 Å². The first-order chi connectivity index (χ1) is 11.6. The molecule has 0 saturated carbocycles. The van der Waals surface area contributed by atoms with Crippen molar-refractivity contribution >= 4 is 22.8 Å². The van der Waals surface area contributed by atoms with Crippen molar-refractivity contribution in [1.29, 1.82) is 0 Å². The standard InChI is InChI=1S/C20H19FN2O/c1-23(2)20-17(7-5-13-24)19(14-9-11-15(21)12-10-14)16-6-3-4-8-18(16)22-20/h3-12,24H,13H2,1-2H3/b7-5+. The summed E-state index contributed by atoms with van der Waals surface area (Å²) in [6, 6.07) is 14.3. The van der Waals surface area contributed by atoms with Crippen LogP contribution in [0.15, 0.2) is 54.6 Å². The summed E-state index contributed by atoms with van der Waals surface area (Å²) in [5, 5.41) is 10.2. The lowest BCUT2D eigenvalue weighted by molar-refractivity contribution is 0.343. The van der Waals surface area contributed by atoms with E-state index < -0.39 is 0 Å². The molecule has 4 heteroatoms. The Morgan fingerprint density at radius 2 is 1.79 bits per heavy atom. The van der Waals surface area contributed by atoms with E-state index in [1.54, 1.807) is 18.2 Å². The number of aromatic nitrogens is 1. The molecule has 24 heavy (non-hydrogen) atoms. The highest BCUT2D eigenvalue weighted by atomic mass is 19.1. The van der Waals surface area contributed by atoms with Gasteiger partial charge in [-0.25, -0.2) is 9.37 Å². The first kappa shape index (κ1) is 16.1. The molecule has 1 heterocycles. The van der Waals surface area contributed by atoms with Crippen molar-refractivity contribution in [1.82, 2.24) is 4.98 Å². The molecule has 1 aromatic heterocycles. The molecule has 1 N–H and O–H groups in total. The number of nitrogens with zero attached hydrogens (tertiary/aromatic N) is 2. The molecule has 0 bridgehead atoms. The zero-order valence-electron chi connectivity index (χ0n) is 13.7. The Labute approximate surface area is 140 Å². The predicted octanol–water partition coefficient (Wildman–Crippen LogP) is 4.11. The molecule has 0 fully saturated rings. The molecule has 0 amide bonds. The fraction of sp³-hybridized carbons (Fsp3) is 0.150. The number of rotatable bonds is 4. The monoisotopic (exact) mass is 322 g/mol. The lowest BCUT2D eigenvalue weighted by atomic mass is 9.95. The zero-order chi connectivity index (χ0) is 17.1. The van der Waals surface area contributed by atoms with Crippen LogP contribution in [-0.4, -0.2) is 30.8 Å². The minimum atomic E-state index is -0.266. The lowest BCUT2D eigenvalue weighted by Crippen LogP contribution is -2.13. The number of pyridine rings is 1. The summed E-state index contributed by atoms with van der Waals surface area (Å²) in [6.45, 7) is -0.0530. The summed E-state index contributed by atoms with van der Waals surface area (Å²) >= 11 is 0. The van der Waals surface area contributed by atoms with Crippen molar-refractivity contribution in [3.8, 4) is 11.1 Å². The maximum absolute atomic E-state index is 13.4. The quantitative estimate of drug-likeness (QED) is 0.785. The number of anilines is 1. The Morgan fingerprint density at radius 3 is 2.46 bits per heavy atom. The number of hydrogen-bond donors (Lipinski definition) is 1. The van der Waals surface area contributed by atoms with Crippen LogP contribution < -0.4 is 4.90 Å². The summed E-state index contributed by atoms with van der Waals surface area (Å²) in [4.78, 5) is 6.69. The van der Waals surface area contributed by atoms with Crippen LogP contribution in [0.4, 0.5) is 10.2 Å². The molecule has 2 aromatic carbocycles. The van der Waals surface area contributed by atoms with Crippen LogP contribution in [0.25, 0.3) is 28.1 Å². The minimum Gasteiger partial charge on any atom is -0.392 e. The van der Waals surface area contributed by atoms with Gasteiger partial charge in [0.25, 0.3) is 0 Å². The van der Waals surface area contributed by atoms with Crippen molar-refractivity contribution in [3.05, 3.63) is 66.0 Å². The van der Waals surface area contributed by atoms with E-state index in [1.165, 1.54) is 12.1 Å². The molecule has 0 unspecified atom stereocenters. The Bertz CT molecular complexity index is 886. The van der Waals surface area contributed by atoms with Gasteiger partial charge >= 0.3 is 0 Å². The molecule has 0 aliphatic carbocycles. The van der Waals surface area contributed by atoms with Crippen molar-refractivity contribution < 1.29 is 9.50 Å². The average molecular weight is 322 g/mol. The van der Waals surface area contributed by atoms with Crippen molar-refractivity contribution in [2.24, 2.45) is 0 Å². The fourth-order valence-corrected chi connectivity index (χ4v) is 2.81. The molecule has 0 aliphatic rings. The second-order valence-electron chi connectivity index (χ2n) is 5.73. The summed E-state index contributed by atoms with van der Waals surface area (Å²) in [7, 11) is 3.86. The third-order valence-corrected chi connectivity index (χ3v) is 3.86. The smallest absolute Gasteiger partial charge is 0.136 e. The van der Waals surface area contributed by atoms with Gasteiger partial charge in [-0.2, -0.15) is 0 Å². The van der Waals surface area contributed by atoms with Crippen LogP contribution >= 0.6 is 0 Å². The normalized spacial score (nSPS) is 11.3. The highest BCUT2D eigenvalue weighted by Crippen LogP contribution is 2.37. The van der Waals surface area contributed by atoms with Gasteiger partial charge in [-0.3, -0.25) is 0 Å². The van der Waals surface area contributed by atoms with Gasteiger partial charge in [0.15, 0.2) is 0 Å². The molecule has 3 nitrogen and oxygen atoms in total. The summed E-state index contributed by atoms with van der Waals surface area (Å²) in [6.07, 6.45) is 3.55. The van der Waals surface area contributed by atoms with E-state index in [1.807, 2.05) is 49.3 Å². The fourth-order valence-electron chi connectivity index (χ4n) is 2.81. The Hall–Kier alpha value is -2.72. The van der Waals surface area contributed by atoms with E-state index in [0.29, 0.717) is 0 Å². The molecule has 0 radical (unpaired) electrons. The first-order valence-electron chi connectivity index (χ1n) is 7.75. The number of para-hydroxylation sites is 1. The van der Waals surface area contributed by atoms with Crippen LogP contribution in [0.5, 0.6) is 0 Å². The number of halogens is 1. The van der Waals surface area contributed by atoms with E-state index >= 15 is 0 Å². The highest BCUT2D eigenvalue weighted by molar-refractivity contribution is 6.01. The molecule has 0 atom stereocenters. The number of hydrogen-bond acceptors (Lipinski definition) is 3. The summed E-state index contributed by atoms with van der Waals surface area (Å²) in [5.41, 5.74) is 3.67. The second kappa shape index (κ2) is 6.81. The third kappa shape index (κ3) is 3.01. The van der Waals surface area contributed by atoms with Gasteiger partial charge in [-0.15, -0.1) is 0 Å². The Balaban J connectivity index is 2.41. The van der Waals surface area contributed by atoms with E-state index in [-0.39, 0.29) is 12.4 Å². The van der Waals surface area contributed by atoms with Crippen LogP contribution in [-0.2, 0) is 0 Å². The van der Waals surface area contributed by atoms with Crippen molar-refractivity contribution in [2.75, 3.05) is 25.6 Å². The zero-order valence-corrected chi connectivity index (χ0v) is 13.7. The SMILES string of the molecule is CN(C)c1nc2ccccc2c(-c2ccc(F)cc2)c1/C=C/CO. The van der Waals surface area contributed by atoms with E-state index in [0.717, 1.165) is 33.4 Å². The number of benzene rings is 2. The first-order valence-corrected chi connectivity index (χ1v) is 7.75. The number of fused-ring (bicyclic) bond motifs is 1.